The molecule has 1 saturated heterocycles. The fraction of sp³-hybridized carbons (Fsp3) is 0.522. The van der Waals surface area contributed by atoms with Crippen LogP contribution in [0.15, 0.2) is 30.5 Å². The van der Waals surface area contributed by atoms with Gasteiger partial charge in [-0.1, -0.05) is 19.9 Å². The van der Waals surface area contributed by atoms with Gasteiger partial charge in [-0.05, 0) is 50.8 Å². The summed E-state index contributed by atoms with van der Waals surface area (Å²) in [5, 5.41) is 7.12. The normalized spacial score (nSPS) is 15.3. The second kappa shape index (κ2) is 9.75. The van der Waals surface area contributed by atoms with Crippen molar-refractivity contribution >= 4 is 11.8 Å². The van der Waals surface area contributed by atoms with Crippen LogP contribution in [0.2, 0.25) is 0 Å². The Kier molecular flexibility index (Phi) is 7.26. The Hall–Kier alpha value is -2.84. The van der Waals surface area contributed by atoms with Gasteiger partial charge in [0.25, 0.3) is 5.91 Å². The molecular weight excluding hydrogens is 421 g/mol. The van der Waals surface area contributed by atoms with E-state index in [2.05, 4.69) is 10.4 Å². The number of piperidine rings is 1. The highest BCUT2D eigenvalue weighted by molar-refractivity contribution is 5.95. The molecule has 2 amide bonds. The molecule has 3 rings (SSSR count). The van der Waals surface area contributed by atoms with Crippen molar-refractivity contribution in [1.82, 2.24) is 20.0 Å². The molecule has 1 N–H and O–H groups in total. The summed E-state index contributed by atoms with van der Waals surface area (Å²) < 4.78 is 40.4. The Morgan fingerprint density at radius 2 is 1.84 bits per heavy atom. The number of aromatic nitrogens is 2. The maximum atomic E-state index is 13.0. The van der Waals surface area contributed by atoms with Gasteiger partial charge in [-0.15, -0.1) is 0 Å². The SMILES string of the molecule is CCC(CC)C(=O)N1CCC(NC(=O)c2cnn(-c3cccc(C(F)(F)F)c3)c2C)CC1. The third kappa shape index (κ3) is 5.14. The molecule has 1 aliphatic rings. The maximum Gasteiger partial charge on any atom is 0.416 e. The number of hydrogen-bond donors (Lipinski definition) is 1. The summed E-state index contributed by atoms with van der Waals surface area (Å²) in [6.45, 7) is 6.88. The second-order valence-corrected chi connectivity index (χ2v) is 8.19. The number of halogens is 3. The molecule has 1 aliphatic heterocycles. The fourth-order valence-corrected chi connectivity index (χ4v) is 4.11. The maximum absolute atomic E-state index is 13.0. The number of amides is 2. The molecule has 1 fully saturated rings. The smallest absolute Gasteiger partial charge is 0.349 e. The van der Waals surface area contributed by atoms with Crippen LogP contribution in [0.5, 0.6) is 0 Å². The molecule has 0 saturated carbocycles. The van der Waals surface area contributed by atoms with Crippen LogP contribution in [0.4, 0.5) is 13.2 Å². The molecule has 1 aromatic carbocycles. The zero-order chi connectivity index (χ0) is 23.5. The minimum atomic E-state index is -4.46. The van der Waals surface area contributed by atoms with Gasteiger partial charge in [0.05, 0.1) is 28.7 Å². The molecule has 9 heteroatoms. The van der Waals surface area contributed by atoms with Gasteiger partial charge in [-0.25, -0.2) is 4.68 Å². The van der Waals surface area contributed by atoms with Gasteiger partial charge in [-0.2, -0.15) is 18.3 Å². The molecule has 0 radical (unpaired) electrons. The van der Waals surface area contributed by atoms with Crippen molar-refractivity contribution in [2.24, 2.45) is 5.92 Å². The average Bonchev–Trinajstić information content (AvgIpc) is 3.16. The lowest BCUT2D eigenvalue weighted by Gasteiger charge is -2.34. The van der Waals surface area contributed by atoms with E-state index < -0.39 is 11.7 Å². The summed E-state index contributed by atoms with van der Waals surface area (Å²) >= 11 is 0. The van der Waals surface area contributed by atoms with E-state index in [9.17, 15) is 22.8 Å². The number of benzene rings is 1. The van der Waals surface area contributed by atoms with Gasteiger partial charge in [0.2, 0.25) is 5.91 Å². The zero-order valence-corrected chi connectivity index (χ0v) is 18.6. The Morgan fingerprint density at radius 1 is 1.19 bits per heavy atom. The third-order valence-corrected chi connectivity index (χ3v) is 6.15. The first-order valence-electron chi connectivity index (χ1n) is 11.0. The van der Waals surface area contributed by atoms with Crippen molar-refractivity contribution in [1.29, 1.82) is 0 Å². The number of hydrogen-bond acceptors (Lipinski definition) is 3. The number of rotatable bonds is 6. The molecule has 0 aliphatic carbocycles. The topological polar surface area (TPSA) is 67.2 Å². The van der Waals surface area contributed by atoms with Crippen molar-refractivity contribution in [2.45, 2.75) is 58.7 Å². The molecule has 0 unspecified atom stereocenters. The number of nitrogens with one attached hydrogen (secondary N) is 1. The molecule has 2 heterocycles. The highest BCUT2D eigenvalue weighted by Crippen LogP contribution is 2.30. The summed E-state index contributed by atoms with van der Waals surface area (Å²) in [4.78, 5) is 27.2. The lowest BCUT2D eigenvalue weighted by atomic mass is 9.98. The van der Waals surface area contributed by atoms with Crippen molar-refractivity contribution in [3.8, 4) is 5.69 Å². The standard InChI is InChI=1S/C23H29F3N4O2/c1-4-16(5-2)22(32)29-11-9-18(10-12-29)28-21(31)20-14-27-30(15(20)3)19-8-6-7-17(13-19)23(24,25)26/h6-8,13-14,16,18H,4-5,9-12H2,1-3H3,(H,28,31). The van der Waals surface area contributed by atoms with E-state index in [1.165, 1.54) is 23.0 Å². The van der Waals surface area contributed by atoms with Crippen LogP contribution in [-0.4, -0.2) is 45.6 Å². The highest BCUT2D eigenvalue weighted by atomic mass is 19.4. The Bertz CT molecular complexity index is 958. The number of carbonyl (C=O) groups is 2. The summed E-state index contributed by atoms with van der Waals surface area (Å²) in [6, 6.07) is 4.77. The zero-order valence-electron chi connectivity index (χ0n) is 18.6. The second-order valence-electron chi connectivity index (χ2n) is 8.19. The van der Waals surface area contributed by atoms with Gasteiger partial charge in [0, 0.05) is 25.0 Å². The minimum absolute atomic E-state index is 0.0467. The third-order valence-electron chi connectivity index (χ3n) is 6.15. The predicted molar refractivity (Wildman–Crippen MR) is 114 cm³/mol. The summed E-state index contributed by atoms with van der Waals surface area (Å²) in [6.07, 6.45) is -0.113. The van der Waals surface area contributed by atoms with Gasteiger partial charge in [0.1, 0.15) is 0 Å². The van der Waals surface area contributed by atoms with Crippen LogP contribution in [0.1, 0.15) is 61.1 Å². The number of likely N-dealkylation sites (tertiary alicyclic amines) is 1. The minimum Gasteiger partial charge on any atom is -0.349 e. The molecule has 0 bridgehead atoms. The van der Waals surface area contributed by atoms with E-state index in [4.69, 9.17) is 0 Å². The Balaban J connectivity index is 1.64. The fourth-order valence-electron chi connectivity index (χ4n) is 4.11. The lowest BCUT2D eigenvalue weighted by molar-refractivity contribution is -0.138. The summed E-state index contributed by atoms with van der Waals surface area (Å²) in [7, 11) is 0. The van der Waals surface area contributed by atoms with Crippen molar-refractivity contribution in [2.75, 3.05) is 13.1 Å². The molecule has 0 atom stereocenters. The number of nitrogens with zero attached hydrogens (tertiary/aromatic N) is 3. The quantitative estimate of drug-likeness (QED) is 0.711. The molecular formula is C23H29F3N4O2. The Morgan fingerprint density at radius 3 is 2.44 bits per heavy atom. The molecule has 6 nitrogen and oxygen atoms in total. The average molecular weight is 451 g/mol. The van der Waals surface area contributed by atoms with E-state index in [0.29, 0.717) is 37.2 Å². The first-order chi connectivity index (χ1) is 15.2. The van der Waals surface area contributed by atoms with Crippen LogP contribution < -0.4 is 5.32 Å². The van der Waals surface area contributed by atoms with Crippen LogP contribution >= 0.6 is 0 Å². The number of carbonyl (C=O) groups excluding carboxylic acids is 2. The van der Waals surface area contributed by atoms with Gasteiger partial charge in [0.15, 0.2) is 0 Å². The van der Waals surface area contributed by atoms with Crippen LogP contribution in [-0.2, 0) is 11.0 Å². The Labute approximate surface area is 185 Å². The largest absolute Gasteiger partial charge is 0.416 e. The van der Waals surface area contributed by atoms with E-state index >= 15 is 0 Å². The highest BCUT2D eigenvalue weighted by Gasteiger charge is 2.31. The van der Waals surface area contributed by atoms with E-state index in [-0.39, 0.29) is 29.5 Å². The number of alkyl halides is 3. The van der Waals surface area contributed by atoms with Crippen molar-refractivity contribution < 1.29 is 22.8 Å². The van der Waals surface area contributed by atoms with Crippen molar-refractivity contribution in [3.63, 3.8) is 0 Å². The van der Waals surface area contributed by atoms with Gasteiger partial charge in [-0.3, -0.25) is 9.59 Å². The molecule has 32 heavy (non-hydrogen) atoms. The predicted octanol–water partition coefficient (Wildman–Crippen LogP) is 4.36. The van der Waals surface area contributed by atoms with Gasteiger partial charge >= 0.3 is 6.18 Å². The molecule has 0 spiro atoms. The van der Waals surface area contributed by atoms with E-state index in [1.807, 2.05) is 18.7 Å². The molecule has 2 aromatic rings. The van der Waals surface area contributed by atoms with Crippen LogP contribution in [0, 0.1) is 12.8 Å². The first-order valence-corrected chi connectivity index (χ1v) is 11.0. The molecule has 174 valence electrons. The first kappa shape index (κ1) is 23.8. The van der Waals surface area contributed by atoms with Crippen LogP contribution in [0.25, 0.3) is 5.69 Å². The van der Waals surface area contributed by atoms with E-state index in [0.717, 1.165) is 25.0 Å². The summed E-state index contributed by atoms with van der Waals surface area (Å²) in [5.74, 6) is -0.0889. The monoisotopic (exact) mass is 450 g/mol. The van der Waals surface area contributed by atoms with E-state index in [1.54, 1.807) is 6.92 Å². The lowest BCUT2D eigenvalue weighted by Crippen LogP contribution is -2.48. The van der Waals surface area contributed by atoms with Crippen LogP contribution in [0.3, 0.4) is 0 Å². The van der Waals surface area contributed by atoms with Gasteiger partial charge < -0.3 is 10.2 Å². The summed E-state index contributed by atoms with van der Waals surface area (Å²) in [5.41, 5.74) is 0.247. The molecule has 1 aromatic heterocycles. The van der Waals surface area contributed by atoms with Crippen molar-refractivity contribution in [3.05, 3.63) is 47.3 Å².